The maximum Gasteiger partial charge on any atom is 0.278 e. The molecular formula is C25H28BrN5O2S. The standard InChI is InChI=1S/C25H27N5O2S.BrH/c1-18-8-10-19(11-9-18)16-22-24(32)30(20-6-4-3-5-7-20)25(33-22)21(17-26)23(31)27-29-14-12-28(2)13-15-29;/h3-11,22H,12-16H2,1-2H3,(H,27,31);1H. The zero-order valence-electron chi connectivity index (χ0n) is 19.3. The topological polar surface area (TPSA) is 80.9 Å². The summed E-state index contributed by atoms with van der Waals surface area (Å²) in [6.45, 7) is 5.30. The fourth-order valence-corrected chi connectivity index (χ4v) is 5.25. The molecular weight excluding hydrogens is 514 g/mol. The highest BCUT2D eigenvalue weighted by Crippen LogP contribution is 2.41. The van der Waals surface area contributed by atoms with Gasteiger partial charge in [-0.1, -0.05) is 59.8 Å². The van der Waals surface area contributed by atoms with Crippen LogP contribution in [0.25, 0.3) is 0 Å². The molecule has 34 heavy (non-hydrogen) atoms. The first kappa shape index (κ1) is 26.0. The van der Waals surface area contributed by atoms with Crippen molar-refractivity contribution in [3.05, 3.63) is 76.3 Å². The Morgan fingerprint density at radius 3 is 2.41 bits per heavy atom. The Bertz CT molecular complexity index is 1090. The fraction of sp³-hybridized carbons (Fsp3) is 0.320. The molecule has 2 saturated heterocycles. The summed E-state index contributed by atoms with van der Waals surface area (Å²) < 4.78 is 0. The van der Waals surface area contributed by atoms with Crippen molar-refractivity contribution in [1.29, 1.82) is 5.26 Å². The van der Waals surface area contributed by atoms with Crippen molar-refractivity contribution in [3.63, 3.8) is 0 Å². The van der Waals surface area contributed by atoms with Gasteiger partial charge in [0.2, 0.25) is 5.91 Å². The molecule has 2 aromatic rings. The highest BCUT2D eigenvalue weighted by molar-refractivity contribution is 8.05. The van der Waals surface area contributed by atoms with Gasteiger partial charge in [-0.05, 0) is 31.0 Å². The largest absolute Gasteiger partial charge is 1.00 e. The van der Waals surface area contributed by atoms with Crippen LogP contribution in [0.15, 0.2) is 65.2 Å². The molecule has 0 saturated carbocycles. The van der Waals surface area contributed by atoms with E-state index in [9.17, 15) is 14.9 Å². The van der Waals surface area contributed by atoms with E-state index in [4.69, 9.17) is 0 Å². The highest BCUT2D eigenvalue weighted by atomic mass is 79.9. The number of nitrogens with one attached hydrogen (secondary N) is 2. The van der Waals surface area contributed by atoms with Crippen molar-refractivity contribution in [1.82, 2.24) is 10.4 Å². The quantitative estimate of drug-likeness (QED) is 0.348. The van der Waals surface area contributed by atoms with Crippen molar-refractivity contribution < 1.29 is 31.5 Å². The number of thioether (sulfide) groups is 1. The van der Waals surface area contributed by atoms with Crippen LogP contribution >= 0.6 is 11.8 Å². The lowest BCUT2D eigenvalue weighted by atomic mass is 10.1. The number of nitrogens with zero attached hydrogens (tertiary/aromatic N) is 3. The molecule has 178 valence electrons. The summed E-state index contributed by atoms with van der Waals surface area (Å²) in [7, 11) is 2.12. The summed E-state index contributed by atoms with van der Waals surface area (Å²) in [5, 5.41) is 11.8. The summed E-state index contributed by atoms with van der Waals surface area (Å²) in [6.07, 6.45) is 0.526. The number of hydrazine groups is 1. The first-order valence-corrected chi connectivity index (χ1v) is 12.0. The van der Waals surface area contributed by atoms with E-state index in [-0.39, 0.29) is 28.5 Å². The zero-order valence-corrected chi connectivity index (χ0v) is 21.7. The number of rotatable bonds is 5. The number of carbonyl (C=O) groups excluding carboxylic acids is 2. The number of nitriles is 1. The maximum atomic E-state index is 13.5. The minimum absolute atomic E-state index is 0. The summed E-state index contributed by atoms with van der Waals surface area (Å²) in [5.74, 6) is -0.588. The maximum absolute atomic E-state index is 13.5. The third-order valence-electron chi connectivity index (χ3n) is 5.94. The number of amides is 2. The van der Waals surface area contributed by atoms with Gasteiger partial charge in [0, 0.05) is 5.69 Å². The van der Waals surface area contributed by atoms with Crippen molar-refractivity contribution in [2.45, 2.75) is 18.6 Å². The Hall–Kier alpha value is -2.64. The number of hydrogen-bond acceptors (Lipinski definition) is 5. The zero-order chi connectivity index (χ0) is 23.4. The molecule has 2 aromatic carbocycles. The molecule has 2 heterocycles. The van der Waals surface area contributed by atoms with Gasteiger partial charge < -0.3 is 21.9 Å². The van der Waals surface area contributed by atoms with E-state index in [1.165, 1.54) is 21.6 Å². The molecule has 2 fully saturated rings. The van der Waals surface area contributed by atoms with E-state index >= 15 is 0 Å². The number of benzene rings is 2. The SMILES string of the molecule is Cc1ccc(CC2SC(=C(C#N)C(=O)NN3CC[NH+](C)CC3)N(c3ccccc3)C2=O)cc1.[Br-]. The molecule has 7 nitrogen and oxygen atoms in total. The van der Waals surface area contributed by atoms with Gasteiger partial charge >= 0.3 is 0 Å². The lowest BCUT2D eigenvalue weighted by Crippen LogP contribution is -3.12. The number of hydrogen-bond donors (Lipinski definition) is 2. The first-order valence-electron chi connectivity index (χ1n) is 11.1. The second-order valence-corrected chi connectivity index (χ2v) is 9.67. The van der Waals surface area contributed by atoms with Crippen molar-refractivity contribution in [2.75, 3.05) is 38.1 Å². The number of aryl methyl sites for hydroxylation is 1. The monoisotopic (exact) mass is 541 g/mol. The molecule has 4 rings (SSSR count). The number of halogens is 1. The van der Waals surface area contributed by atoms with Gasteiger partial charge in [-0.15, -0.1) is 0 Å². The Balaban J connectivity index is 0.00000324. The summed E-state index contributed by atoms with van der Waals surface area (Å²) in [4.78, 5) is 29.5. The smallest absolute Gasteiger partial charge is 0.278 e. The second kappa shape index (κ2) is 11.7. The molecule has 2 aliphatic heterocycles. The van der Waals surface area contributed by atoms with Crippen LogP contribution in [0.3, 0.4) is 0 Å². The van der Waals surface area contributed by atoms with Crippen LogP contribution in [0, 0.1) is 18.3 Å². The van der Waals surface area contributed by atoms with Gasteiger partial charge in [-0.25, -0.2) is 5.01 Å². The van der Waals surface area contributed by atoms with E-state index in [0.29, 0.717) is 17.1 Å². The van der Waals surface area contributed by atoms with Gasteiger partial charge in [0.05, 0.1) is 38.5 Å². The summed E-state index contributed by atoms with van der Waals surface area (Å²) in [6, 6.07) is 19.4. The van der Waals surface area contributed by atoms with Crippen LogP contribution in [0.5, 0.6) is 0 Å². The van der Waals surface area contributed by atoms with E-state index < -0.39 is 11.2 Å². The van der Waals surface area contributed by atoms with Gasteiger partial charge in [-0.2, -0.15) is 5.26 Å². The number of likely N-dealkylation sites (N-methyl/N-ethyl adjacent to an activating group) is 1. The van der Waals surface area contributed by atoms with Crippen molar-refractivity contribution >= 4 is 29.3 Å². The molecule has 9 heteroatoms. The first-order chi connectivity index (χ1) is 16.0. The Labute approximate surface area is 215 Å². The fourth-order valence-electron chi connectivity index (χ4n) is 3.94. The average Bonchev–Trinajstić information content (AvgIpc) is 3.13. The predicted molar refractivity (Wildman–Crippen MR) is 129 cm³/mol. The summed E-state index contributed by atoms with van der Waals surface area (Å²) >= 11 is 1.29. The average molecular weight is 543 g/mol. The number of carbonyl (C=O) groups is 2. The van der Waals surface area contributed by atoms with E-state index in [1.807, 2.05) is 66.5 Å². The second-order valence-electron chi connectivity index (χ2n) is 8.48. The molecule has 0 radical (unpaired) electrons. The van der Waals surface area contributed by atoms with Gasteiger partial charge in [0.1, 0.15) is 16.7 Å². The lowest BCUT2D eigenvalue weighted by molar-refractivity contribution is -0.884. The molecule has 0 spiro atoms. The third kappa shape index (κ3) is 5.88. The highest BCUT2D eigenvalue weighted by Gasteiger charge is 2.41. The molecule has 2 N–H and O–H groups in total. The normalized spacial score (nSPS) is 20.4. The Morgan fingerprint density at radius 1 is 1.15 bits per heavy atom. The molecule has 2 amide bonds. The van der Waals surface area contributed by atoms with Crippen LogP contribution < -0.4 is 32.2 Å². The lowest BCUT2D eigenvalue weighted by Gasteiger charge is -2.30. The van der Waals surface area contributed by atoms with Crippen LogP contribution in [-0.4, -0.2) is 55.3 Å². The van der Waals surface area contributed by atoms with Crippen LogP contribution in [-0.2, 0) is 16.0 Å². The summed E-state index contributed by atoms with van der Waals surface area (Å²) in [5.41, 5.74) is 5.70. The number of anilines is 1. The van der Waals surface area contributed by atoms with E-state index in [0.717, 1.165) is 37.3 Å². The molecule has 1 atom stereocenters. The predicted octanol–water partition coefficient (Wildman–Crippen LogP) is -1.71. The van der Waals surface area contributed by atoms with Crippen molar-refractivity contribution in [2.24, 2.45) is 0 Å². The molecule has 1 unspecified atom stereocenters. The number of quaternary nitrogens is 1. The van der Waals surface area contributed by atoms with Crippen LogP contribution in [0.1, 0.15) is 11.1 Å². The van der Waals surface area contributed by atoms with Gasteiger partial charge in [0.25, 0.3) is 5.91 Å². The molecule has 0 aliphatic carbocycles. The Kier molecular flexibility index (Phi) is 8.91. The van der Waals surface area contributed by atoms with Crippen LogP contribution in [0.4, 0.5) is 5.69 Å². The van der Waals surface area contributed by atoms with Gasteiger partial charge in [0.15, 0.2) is 0 Å². The molecule has 0 bridgehead atoms. The van der Waals surface area contributed by atoms with E-state index in [1.54, 1.807) is 0 Å². The molecule has 2 aliphatic rings. The van der Waals surface area contributed by atoms with Gasteiger partial charge in [-0.3, -0.25) is 19.9 Å². The minimum atomic E-state index is -0.468. The van der Waals surface area contributed by atoms with Crippen LogP contribution in [0.2, 0.25) is 0 Å². The Morgan fingerprint density at radius 2 is 1.79 bits per heavy atom. The molecule has 0 aromatic heterocycles. The van der Waals surface area contributed by atoms with Crippen molar-refractivity contribution in [3.8, 4) is 6.07 Å². The third-order valence-corrected chi connectivity index (χ3v) is 7.20. The number of piperazine rings is 1. The minimum Gasteiger partial charge on any atom is -1.00 e. The van der Waals surface area contributed by atoms with E-state index in [2.05, 4.69) is 18.5 Å². The number of para-hydroxylation sites is 1.